The minimum Gasteiger partial charge on any atom is -0.508 e. The lowest BCUT2D eigenvalue weighted by atomic mass is 9.86. The largest absolute Gasteiger partial charge is 0.508 e. The molecule has 0 aliphatic heterocycles. The summed E-state index contributed by atoms with van der Waals surface area (Å²) in [5.41, 5.74) is 4.90. The van der Waals surface area contributed by atoms with Crippen molar-refractivity contribution in [2.24, 2.45) is 0 Å². The molecule has 4 heteroatoms. The van der Waals surface area contributed by atoms with Crippen LogP contribution in [0.5, 0.6) is 5.75 Å². The first kappa shape index (κ1) is 17.1. The fraction of sp³-hybridized carbons (Fsp3) is 0.409. The highest BCUT2D eigenvalue weighted by Crippen LogP contribution is 2.35. The normalized spacial score (nSPS) is 18.2. The minimum atomic E-state index is 0.298. The molecule has 2 heterocycles. The number of fused-ring (bicyclic) bond motifs is 2. The molecule has 2 unspecified atom stereocenters. The summed E-state index contributed by atoms with van der Waals surface area (Å²) in [6, 6.07) is 12.9. The van der Waals surface area contributed by atoms with E-state index in [4.69, 9.17) is 0 Å². The number of hydrogen-bond donors (Lipinski definition) is 1. The predicted molar refractivity (Wildman–Crippen MR) is 105 cm³/mol. The standard InChI is InChI=1S/C22H27N3O/c1-3-12-24(16(2)20-15-23-25-13-5-4-8-21(20)25)18-11-10-17-7-6-9-22(26)19(17)14-18/h4-9,13,15-16,18,26H,3,10-12,14H2,1-2H3. The lowest BCUT2D eigenvalue weighted by Crippen LogP contribution is -2.41. The number of phenols is 1. The van der Waals surface area contributed by atoms with Crippen LogP contribution >= 0.6 is 0 Å². The van der Waals surface area contributed by atoms with Gasteiger partial charge < -0.3 is 5.11 Å². The Bertz CT molecular complexity index is 901. The molecule has 4 nitrogen and oxygen atoms in total. The van der Waals surface area contributed by atoms with Gasteiger partial charge in [-0.1, -0.05) is 25.1 Å². The number of benzene rings is 1. The molecule has 1 aliphatic rings. The number of rotatable bonds is 5. The Morgan fingerprint density at radius 1 is 1.27 bits per heavy atom. The first-order valence-corrected chi connectivity index (χ1v) is 9.66. The van der Waals surface area contributed by atoms with Gasteiger partial charge in [0.1, 0.15) is 5.75 Å². The zero-order valence-corrected chi connectivity index (χ0v) is 15.6. The van der Waals surface area contributed by atoms with Crippen molar-refractivity contribution >= 4 is 5.52 Å². The number of pyridine rings is 1. The van der Waals surface area contributed by atoms with Crippen molar-refractivity contribution in [3.8, 4) is 5.75 Å². The smallest absolute Gasteiger partial charge is 0.119 e. The van der Waals surface area contributed by atoms with E-state index in [0.717, 1.165) is 37.8 Å². The highest BCUT2D eigenvalue weighted by atomic mass is 16.3. The van der Waals surface area contributed by atoms with Crippen molar-refractivity contribution in [2.45, 2.75) is 51.6 Å². The van der Waals surface area contributed by atoms with E-state index in [9.17, 15) is 5.11 Å². The SMILES string of the molecule is CCCN(C1CCc2cccc(O)c2C1)C(C)c1cnn2ccccc12. The highest BCUT2D eigenvalue weighted by Gasteiger charge is 2.30. The zero-order chi connectivity index (χ0) is 18.1. The fourth-order valence-electron chi connectivity index (χ4n) is 4.44. The van der Waals surface area contributed by atoms with Gasteiger partial charge in [0, 0.05) is 23.8 Å². The van der Waals surface area contributed by atoms with E-state index >= 15 is 0 Å². The second-order valence-electron chi connectivity index (χ2n) is 7.36. The summed E-state index contributed by atoms with van der Waals surface area (Å²) < 4.78 is 1.96. The molecule has 0 bridgehead atoms. The summed E-state index contributed by atoms with van der Waals surface area (Å²) >= 11 is 0. The van der Waals surface area contributed by atoms with Crippen LogP contribution in [-0.4, -0.2) is 32.2 Å². The molecule has 3 aromatic rings. The van der Waals surface area contributed by atoms with Gasteiger partial charge in [0.2, 0.25) is 0 Å². The molecule has 0 saturated carbocycles. The summed E-state index contributed by atoms with van der Waals surface area (Å²) in [7, 11) is 0. The molecule has 1 N–H and O–H groups in total. The first-order valence-electron chi connectivity index (χ1n) is 9.66. The first-order chi connectivity index (χ1) is 12.7. The molecule has 4 rings (SSSR count). The highest BCUT2D eigenvalue weighted by molar-refractivity contribution is 5.54. The average Bonchev–Trinajstić information content (AvgIpc) is 3.10. The van der Waals surface area contributed by atoms with Crippen LogP contribution in [0.15, 0.2) is 48.8 Å². The summed E-state index contributed by atoms with van der Waals surface area (Å²) in [6.45, 7) is 5.59. The average molecular weight is 349 g/mol. The molecule has 2 aromatic heterocycles. The monoisotopic (exact) mass is 349 g/mol. The molecule has 0 radical (unpaired) electrons. The third-order valence-electron chi connectivity index (χ3n) is 5.79. The molecule has 0 saturated heterocycles. The maximum atomic E-state index is 10.3. The Kier molecular flexibility index (Phi) is 4.68. The van der Waals surface area contributed by atoms with Gasteiger partial charge in [-0.25, -0.2) is 4.52 Å². The molecular weight excluding hydrogens is 322 g/mol. The van der Waals surface area contributed by atoms with Crippen LogP contribution in [0.2, 0.25) is 0 Å². The molecule has 136 valence electrons. The number of aryl methyl sites for hydroxylation is 1. The number of hydrogen-bond acceptors (Lipinski definition) is 3. The van der Waals surface area contributed by atoms with Gasteiger partial charge in [-0.2, -0.15) is 5.10 Å². The molecular formula is C22H27N3O. The van der Waals surface area contributed by atoms with Crippen LogP contribution in [0, 0.1) is 0 Å². The number of aromatic hydroxyl groups is 1. The Balaban J connectivity index is 1.64. The quantitative estimate of drug-likeness (QED) is 0.743. The maximum absolute atomic E-state index is 10.3. The van der Waals surface area contributed by atoms with Gasteiger partial charge in [0.15, 0.2) is 0 Å². The van der Waals surface area contributed by atoms with Crippen LogP contribution in [0.1, 0.15) is 49.4 Å². The summed E-state index contributed by atoms with van der Waals surface area (Å²) in [6.07, 6.45) is 8.23. The van der Waals surface area contributed by atoms with Crippen molar-refractivity contribution in [1.82, 2.24) is 14.5 Å². The van der Waals surface area contributed by atoms with Crippen LogP contribution in [-0.2, 0) is 12.8 Å². The van der Waals surface area contributed by atoms with Crippen molar-refractivity contribution in [3.63, 3.8) is 0 Å². The Morgan fingerprint density at radius 3 is 3.00 bits per heavy atom. The van der Waals surface area contributed by atoms with Gasteiger partial charge >= 0.3 is 0 Å². The molecule has 1 aliphatic carbocycles. The second kappa shape index (κ2) is 7.12. The number of nitrogens with zero attached hydrogens (tertiary/aromatic N) is 3. The number of aromatic nitrogens is 2. The van der Waals surface area contributed by atoms with E-state index in [0.29, 0.717) is 17.8 Å². The third kappa shape index (κ3) is 2.99. The van der Waals surface area contributed by atoms with Gasteiger partial charge in [-0.3, -0.25) is 4.90 Å². The van der Waals surface area contributed by atoms with E-state index in [1.165, 1.54) is 16.6 Å². The van der Waals surface area contributed by atoms with E-state index in [-0.39, 0.29) is 0 Å². The Hall–Kier alpha value is -2.33. The Labute approximate surface area is 155 Å². The maximum Gasteiger partial charge on any atom is 0.119 e. The second-order valence-corrected chi connectivity index (χ2v) is 7.36. The number of phenolic OH excluding ortho intramolecular Hbond substituents is 1. The van der Waals surface area contributed by atoms with Gasteiger partial charge in [0.25, 0.3) is 0 Å². The van der Waals surface area contributed by atoms with Crippen molar-refractivity contribution in [2.75, 3.05) is 6.54 Å². The van der Waals surface area contributed by atoms with Crippen LogP contribution in [0.3, 0.4) is 0 Å². The van der Waals surface area contributed by atoms with Crippen LogP contribution in [0.4, 0.5) is 0 Å². The van der Waals surface area contributed by atoms with Gasteiger partial charge in [-0.15, -0.1) is 0 Å². The summed E-state index contributed by atoms with van der Waals surface area (Å²) in [5.74, 6) is 0.451. The summed E-state index contributed by atoms with van der Waals surface area (Å²) in [4.78, 5) is 2.61. The van der Waals surface area contributed by atoms with E-state index < -0.39 is 0 Å². The topological polar surface area (TPSA) is 40.8 Å². The van der Waals surface area contributed by atoms with Gasteiger partial charge in [0.05, 0.1) is 11.7 Å². The van der Waals surface area contributed by atoms with Crippen LogP contribution < -0.4 is 0 Å². The van der Waals surface area contributed by atoms with Crippen molar-refractivity contribution < 1.29 is 5.11 Å². The third-order valence-corrected chi connectivity index (χ3v) is 5.79. The Morgan fingerprint density at radius 2 is 2.15 bits per heavy atom. The zero-order valence-electron chi connectivity index (χ0n) is 15.6. The van der Waals surface area contributed by atoms with E-state index in [1.807, 2.05) is 35.1 Å². The predicted octanol–water partition coefficient (Wildman–Crippen LogP) is 4.37. The molecule has 2 atom stereocenters. The minimum absolute atomic E-state index is 0.298. The van der Waals surface area contributed by atoms with E-state index in [1.54, 1.807) is 0 Å². The van der Waals surface area contributed by atoms with E-state index in [2.05, 4.69) is 42.0 Å². The van der Waals surface area contributed by atoms with Crippen LogP contribution in [0.25, 0.3) is 5.52 Å². The molecule has 1 aromatic carbocycles. The van der Waals surface area contributed by atoms with Crippen molar-refractivity contribution in [3.05, 3.63) is 65.5 Å². The van der Waals surface area contributed by atoms with Gasteiger partial charge in [-0.05, 0) is 68.5 Å². The lowest BCUT2D eigenvalue weighted by molar-refractivity contribution is 0.130. The molecule has 0 fully saturated rings. The molecule has 0 amide bonds. The fourth-order valence-corrected chi connectivity index (χ4v) is 4.44. The molecule has 26 heavy (non-hydrogen) atoms. The van der Waals surface area contributed by atoms with Crippen molar-refractivity contribution in [1.29, 1.82) is 0 Å². The molecule has 0 spiro atoms. The lowest BCUT2D eigenvalue weighted by Gasteiger charge is -2.39. The summed E-state index contributed by atoms with van der Waals surface area (Å²) in [5, 5.41) is 14.8.